The molecule has 1 aromatic carbocycles. The Morgan fingerprint density at radius 2 is 2.13 bits per heavy atom. The molecule has 15 heavy (non-hydrogen) atoms. The zero-order valence-electron chi connectivity index (χ0n) is 8.56. The van der Waals surface area contributed by atoms with Crippen molar-refractivity contribution in [1.29, 1.82) is 0 Å². The third kappa shape index (κ3) is 1.09. The second kappa shape index (κ2) is 3.12. The zero-order chi connectivity index (χ0) is 10.3. The molecule has 3 rings (SSSR count). The fourth-order valence-corrected chi connectivity index (χ4v) is 2.23. The Kier molecular flexibility index (Phi) is 1.78. The molecule has 0 saturated heterocycles. The van der Waals surface area contributed by atoms with Gasteiger partial charge in [0.25, 0.3) is 0 Å². The van der Waals surface area contributed by atoms with Crippen LogP contribution in [0.3, 0.4) is 0 Å². The molecule has 0 aliphatic carbocycles. The van der Waals surface area contributed by atoms with Crippen LogP contribution in [0, 0.1) is 0 Å². The number of anilines is 2. The minimum Gasteiger partial charge on any atom is -0.308 e. The molecule has 2 heterocycles. The van der Waals surface area contributed by atoms with E-state index < -0.39 is 0 Å². The van der Waals surface area contributed by atoms with Crippen LogP contribution < -0.4 is 9.80 Å². The van der Waals surface area contributed by atoms with E-state index in [1.807, 2.05) is 6.08 Å². The Bertz CT molecular complexity index is 436. The molecule has 2 aliphatic heterocycles. The predicted octanol–water partition coefficient (Wildman–Crippen LogP) is 1.87. The Balaban J connectivity index is 2.11. The van der Waals surface area contributed by atoms with Gasteiger partial charge in [-0.15, -0.1) is 6.58 Å². The van der Waals surface area contributed by atoms with Crippen molar-refractivity contribution >= 4 is 17.3 Å². The van der Waals surface area contributed by atoms with Crippen molar-refractivity contribution in [2.24, 2.45) is 4.99 Å². The van der Waals surface area contributed by atoms with E-state index in [9.17, 15) is 0 Å². The van der Waals surface area contributed by atoms with Crippen LogP contribution >= 0.6 is 0 Å². The normalized spacial score (nSPS) is 17.5. The smallest absolute Gasteiger partial charge is 0.206 e. The number of benzene rings is 1. The summed E-state index contributed by atoms with van der Waals surface area (Å²) in [5.74, 6) is 1.08. The van der Waals surface area contributed by atoms with Crippen molar-refractivity contribution in [2.45, 2.75) is 0 Å². The number of fused-ring (bicyclic) bond motifs is 3. The molecular weight excluding hydrogens is 186 g/mol. The van der Waals surface area contributed by atoms with E-state index in [2.05, 4.69) is 45.6 Å². The number of guanidine groups is 1. The number of hydrogen-bond donors (Lipinski definition) is 0. The fraction of sp³-hybridized carbons (Fsp3) is 0.250. The SMILES string of the molecule is C=CCN1C2=NCCN2c2ccccc21. The summed E-state index contributed by atoms with van der Waals surface area (Å²) in [5, 5.41) is 0. The van der Waals surface area contributed by atoms with E-state index in [4.69, 9.17) is 0 Å². The second-order valence-electron chi connectivity index (χ2n) is 3.72. The lowest BCUT2D eigenvalue weighted by Gasteiger charge is -2.17. The van der Waals surface area contributed by atoms with Gasteiger partial charge in [-0.05, 0) is 12.1 Å². The van der Waals surface area contributed by atoms with Gasteiger partial charge in [0.2, 0.25) is 5.96 Å². The molecule has 76 valence electrons. The van der Waals surface area contributed by atoms with Gasteiger partial charge in [0, 0.05) is 13.1 Å². The number of aliphatic imine (C=N–C) groups is 1. The minimum absolute atomic E-state index is 0.826. The summed E-state index contributed by atoms with van der Waals surface area (Å²) in [4.78, 5) is 9.03. The molecule has 2 aliphatic rings. The third-order valence-corrected chi connectivity index (χ3v) is 2.83. The highest BCUT2D eigenvalue weighted by atomic mass is 15.5. The van der Waals surface area contributed by atoms with E-state index in [1.54, 1.807) is 0 Å². The summed E-state index contributed by atoms with van der Waals surface area (Å²) >= 11 is 0. The van der Waals surface area contributed by atoms with Gasteiger partial charge >= 0.3 is 0 Å². The van der Waals surface area contributed by atoms with Crippen LogP contribution in [0.15, 0.2) is 41.9 Å². The number of para-hydroxylation sites is 2. The molecule has 0 amide bonds. The summed E-state index contributed by atoms with van der Waals surface area (Å²) in [6.45, 7) is 6.52. The molecule has 3 nitrogen and oxygen atoms in total. The van der Waals surface area contributed by atoms with Gasteiger partial charge in [-0.3, -0.25) is 4.99 Å². The average Bonchev–Trinajstić information content (AvgIpc) is 2.82. The van der Waals surface area contributed by atoms with E-state index in [-0.39, 0.29) is 0 Å². The highest BCUT2D eigenvalue weighted by molar-refractivity contribution is 6.17. The first-order valence-electron chi connectivity index (χ1n) is 5.21. The van der Waals surface area contributed by atoms with Crippen LogP contribution in [0.5, 0.6) is 0 Å². The first kappa shape index (κ1) is 8.53. The lowest BCUT2D eigenvalue weighted by Crippen LogP contribution is -2.35. The molecule has 0 aromatic heterocycles. The third-order valence-electron chi connectivity index (χ3n) is 2.83. The summed E-state index contributed by atoms with van der Waals surface area (Å²) in [7, 11) is 0. The topological polar surface area (TPSA) is 18.8 Å². The number of nitrogens with zero attached hydrogens (tertiary/aromatic N) is 3. The predicted molar refractivity (Wildman–Crippen MR) is 63.6 cm³/mol. The quantitative estimate of drug-likeness (QED) is 0.677. The zero-order valence-corrected chi connectivity index (χ0v) is 8.56. The highest BCUT2D eigenvalue weighted by Crippen LogP contribution is 2.38. The fourth-order valence-electron chi connectivity index (χ4n) is 2.23. The summed E-state index contributed by atoms with van der Waals surface area (Å²) in [6, 6.07) is 8.43. The summed E-state index contributed by atoms with van der Waals surface area (Å²) < 4.78 is 0. The molecule has 0 atom stereocenters. The van der Waals surface area contributed by atoms with Crippen LogP contribution in [0.4, 0.5) is 11.4 Å². The first-order chi connectivity index (χ1) is 7.42. The van der Waals surface area contributed by atoms with E-state index in [0.717, 1.165) is 25.6 Å². The van der Waals surface area contributed by atoms with Crippen molar-refractivity contribution in [3.05, 3.63) is 36.9 Å². The summed E-state index contributed by atoms with van der Waals surface area (Å²) in [5.41, 5.74) is 2.52. The lowest BCUT2D eigenvalue weighted by molar-refractivity contribution is 1.03. The van der Waals surface area contributed by atoms with E-state index >= 15 is 0 Å². The Labute approximate surface area is 89.3 Å². The summed E-state index contributed by atoms with van der Waals surface area (Å²) in [6.07, 6.45) is 1.92. The average molecular weight is 199 g/mol. The van der Waals surface area contributed by atoms with Gasteiger partial charge < -0.3 is 9.80 Å². The van der Waals surface area contributed by atoms with Crippen molar-refractivity contribution in [3.63, 3.8) is 0 Å². The van der Waals surface area contributed by atoms with Crippen LogP contribution in [0.1, 0.15) is 0 Å². The highest BCUT2D eigenvalue weighted by Gasteiger charge is 2.33. The molecule has 0 saturated carbocycles. The largest absolute Gasteiger partial charge is 0.308 e. The van der Waals surface area contributed by atoms with Gasteiger partial charge in [-0.2, -0.15) is 0 Å². The number of rotatable bonds is 2. The van der Waals surface area contributed by atoms with E-state index in [0.29, 0.717) is 0 Å². The van der Waals surface area contributed by atoms with Crippen LogP contribution in [-0.4, -0.2) is 25.6 Å². The maximum Gasteiger partial charge on any atom is 0.206 e. The molecular formula is C12H13N3. The second-order valence-corrected chi connectivity index (χ2v) is 3.72. The van der Waals surface area contributed by atoms with Gasteiger partial charge in [-0.1, -0.05) is 18.2 Å². The van der Waals surface area contributed by atoms with Crippen LogP contribution in [-0.2, 0) is 0 Å². The molecule has 0 bridgehead atoms. The molecule has 0 unspecified atom stereocenters. The van der Waals surface area contributed by atoms with Crippen molar-refractivity contribution in [2.75, 3.05) is 29.4 Å². The number of hydrogen-bond acceptors (Lipinski definition) is 3. The first-order valence-corrected chi connectivity index (χ1v) is 5.21. The van der Waals surface area contributed by atoms with Crippen LogP contribution in [0.25, 0.3) is 0 Å². The monoisotopic (exact) mass is 199 g/mol. The molecule has 0 N–H and O–H groups in total. The Morgan fingerprint density at radius 1 is 1.33 bits per heavy atom. The van der Waals surface area contributed by atoms with Gasteiger partial charge in [0.05, 0.1) is 17.9 Å². The van der Waals surface area contributed by atoms with Crippen molar-refractivity contribution in [1.82, 2.24) is 0 Å². The molecule has 0 spiro atoms. The van der Waals surface area contributed by atoms with Gasteiger partial charge in [0.1, 0.15) is 0 Å². The molecule has 0 radical (unpaired) electrons. The maximum absolute atomic E-state index is 4.53. The molecule has 0 fully saturated rings. The van der Waals surface area contributed by atoms with E-state index in [1.165, 1.54) is 11.4 Å². The lowest BCUT2D eigenvalue weighted by atomic mass is 10.2. The molecule has 1 aromatic rings. The Morgan fingerprint density at radius 3 is 2.93 bits per heavy atom. The molecule has 3 heteroatoms. The maximum atomic E-state index is 4.53. The van der Waals surface area contributed by atoms with Crippen molar-refractivity contribution < 1.29 is 0 Å². The van der Waals surface area contributed by atoms with Gasteiger partial charge in [0.15, 0.2) is 0 Å². The minimum atomic E-state index is 0.826. The van der Waals surface area contributed by atoms with Gasteiger partial charge in [-0.25, -0.2) is 0 Å². The van der Waals surface area contributed by atoms with Crippen molar-refractivity contribution in [3.8, 4) is 0 Å². The Hall–Kier alpha value is -1.77. The standard InChI is InChI=1S/C12H13N3/c1-2-8-14-10-5-3-4-6-11(10)15-9-7-13-12(14)15/h2-6H,1,7-9H2. The van der Waals surface area contributed by atoms with Crippen LogP contribution in [0.2, 0.25) is 0 Å².